The minimum Gasteiger partial charge on any atom is -0.351 e. The molecule has 0 aliphatic heterocycles. The highest BCUT2D eigenvalue weighted by Crippen LogP contribution is 1.88. The molecule has 0 bridgehead atoms. The van der Waals surface area contributed by atoms with Crippen LogP contribution in [0.5, 0.6) is 0 Å². The van der Waals surface area contributed by atoms with Crippen LogP contribution in [-0.2, 0) is 4.79 Å². The molecule has 4 nitrogen and oxygen atoms in total. The van der Waals surface area contributed by atoms with Crippen molar-refractivity contribution in [1.82, 2.24) is 5.32 Å². The molecule has 0 aliphatic carbocycles. The van der Waals surface area contributed by atoms with Gasteiger partial charge in [-0.05, 0) is 13.8 Å². The lowest BCUT2D eigenvalue weighted by Crippen LogP contribution is -2.42. The summed E-state index contributed by atoms with van der Waals surface area (Å²) in [4.78, 5) is 10.9. The van der Waals surface area contributed by atoms with Crippen molar-refractivity contribution in [3.05, 3.63) is 0 Å². The normalized spacial score (nSPS) is 14.7. The average Bonchev–Trinajstić information content (AvgIpc) is 1.87. The van der Waals surface area contributed by atoms with Crippen LogP contribution in [0, 0.1) is 11.3 Å². The van der Waals surface area contributed by atoms with E-state index in [-0.39, 0.29) is 11.9 Å². The molecule has 0 saturated heterocycles. The molecule has 0 spiro atoms. The number of nitriles is 1. The van der Waals surface area contributed by atoms with Gasteiger partial charge in [-0.2, -0.15) is 5.26 Å². The number of carbonyl (C=O) groups is 1. The monoisotopic (exact) mass is 155 g/mol. The number of nitrogens with zero attached hydrogens (tertiary/aromatic N) is 1. The Morgan fingerprint density at radius 3 is 2.64 bits per heavy atom. The highest BCUT2D eigenvalue weighted by atomic mass is 16.2. The molecule has 0 aromatic heterocycles. The van der Waals surface area contributed by atoms with Gasteiger partial charge in [0.2, 0.25) is 5.91 Å². The first-order chi connectivity index (χ1) is 5.07. The summed E-state index contributed by atoms with van der Waals surface area (Å²) in [6, 6.07) is 1.34. The highest BCUT2D eigenvalue weighted by Gasteiger charge is 2.09. The zero-order valence-electron chi connectivity index (χ0n) is 6.79. The Bertz CT molecular complexity index is 171. The smallest absolute Gasteiger partial charge is 0.236 e. The maximum absolute atomic E-state index is 10.9. The van der Waals surface area contributed by atoms with E-state index in [9.17, 15) is 4.79 Å². The summed E-state index contributed by atoms with van der Waals surface area (Å²) in [5.41, 5.74) is 5.29. The number of hydrogen-bond donors (Lipinski definition) is 2. The third-order valence-electron chi connectivity index (χ3n) is 1.20. The molecule has 2 atom stereocenters. The molecule has 0 fully saturated rings. The van der Waals surface area contributed by atoms with E-state index in [4.69, 9.17) is 11.0 Å². The lowest BCUT2D eigenvalue weighted by atomic mass is 10.2. The fourth-order valence-corrected chi connectivity index (χ4v) is 0.562. The molecule has 3 N–H and O–H groups in total. The second-order valence-corrected chi connectivity index (χ2v) is 2.56. The lowest BCUT2D eigenvalue weighted by molar-refractivity contribution is -0.122. The van der Waals surface area contributed by atoms with Gasteiger partial charge in [0.1, 0.15) is 0 Å². The van der Waals surface area contributed by atoms with E-state index in [1.54, 1.807) is 13.8 Å². The van der Waals surface area contributed by atoms with Crippen LogP contribution in [0.3, 0.4) is 0 Å². The second-order valence-electron chi connectivity index (χ2n) is 2.56. The summed E-state index contributed by atoms with van der Waals surface area (Å²) < 4.78 is 0. The largest absolute Gasteiger partial charge is 0.351 e. The van der Waals surface area contributed by atoms with Crippen molar-refractivity contribution < 1.29 is 4.79 Å². The van der Waals surface area contributed by atoms with Crippen LogP contribution in [0.2, 0.25) is 0 Å². The summed E-state index contributed by atoms with van der Waals surface area (Å²) in [5.74, 6) is -0.215. The SMILES string of the molecule is CC(CC#N)NC(=O)[C@H](C)N. The molecule has 0 aromatic rings. The van der Waals surface area contributed by atoms with Crippen molar-refractivity contribution in [2.24, 2.45) is 5.73 Å². The van der Waals surface area contributed by atoms with E-state index in [0.717, 1.165) is 0 Å². The van der Waals surface area contributed by atoms with Crippen LogP contribution in [0.15, 0.2) is 0 Å². The molecular formula is C7H13N3O. The molecule has 0 heterocycles. The zero-order valence-corrected chi connectivity index (χ0v) is 6.79. The quantitative estimate of drug-likeness (QED) is 0.590. The molecule has 1 amide bonds. The number of carbonyl (C=O) groups excluding carboxylic acids is 1. The van der Waals surface area contributed by atoms with Gasteiger partial charge in [0.05, 0.1) is 18.5 Å². The van der Waals surface area contributed by atoms with E-state index < -0.39 is 6.04 Å². The van der Waals surface area contributed by atoms with E-state index in [1.165, 1.54) is 0 Å². The Morgan fingerprint density at radius 1 is 1.73 bits per heavy atom. The Morgan fingerprint density at radius 2 is 2.27 bits per heavy atom. The predicted molar refractivity (Wildman–Crippen MR) is 41.5 cm³/mol. The molecular weight excluding hydrogens is 142 g/mol. The van der Waals surface area contributed by atoms with Gasteiger partial charge >= 0.3 is 0 Å². The van der Waals surface area contributed by atoms with Gasteiger partial charge in [0.25, 0.3) is 0 Å². The Hall–Kier alpha value is -1.08. The summed E-state index contributed by atoms with van der Waals surface area (Å²) in [6.07, 6.45) is 0.318. The molecule has 4 heteroatoms. The topological polar surface area (TPSA) is 78.9 Å². The predicted octanol–water partition coefficient (Wildman–Crippen LogP) is -0.248. The Balaban J connectivity index is 3.68. The molecule has 11 heavy (non-hydrogen) atoms. The first kappa shape index (κ1) is 9.92. The van der Waals surface area contributed by atoms with E-state index in [2.05, 4.69) is 5.32 Å². The standard InChI is InChI=1S/C7H13N3O/c1-5(3-4-8)10-7(11)6(2)9/h5-6H,3,9H2,1-2H3,(H,10,11)/t5?,6-/m0/s1. The fourth-order valence-electron chi connectivity index (χ4n) is 0.562. The van der Waals surface area contributed by atoms with Gasteiger partial charge in [0, 0.05) is 6.04 Å². The average molecular weight is 155 g/mol. The third-order valence-corrected chi connectivity index (χ3v) is 1.20. The van der Waals surface area contributed by atoms with E-state index in [0.29, 0.717) is 6.42 Å². The zero-order chi connectivity index (χ0) is 8.85. The highest BCUT2D eigenvalue weighted by molar-refractivity contribution is 5.81. The van der Waals surface area contributed by atoms with E-state index >= 15 is 0 Å². The molecule has 0 saturated carbocycles. The van der Waals surface area contributed by atoms with Crippen LogP contribution in [0.25, 0.3) is 0 Å². The number of nitrogens with two attached hydrogens (primary N) is 1. The second kappa shape index (κ2) is 4.69. The number of hydrogen-bond acceptors (Lipinski definition) is 3. The molecule has 0 aliphatic rings. The van der Waals surface area contributed by atoms with Crippen molar-refractivity contribution >= 4 is 5.91 Å². The van der Waals surface area contributed by atoms with Crippen LogP contribution in [0.1, 0.15) is 20.3 Å². The lowest BCUT2D eigenvalue weighted by Gasteiger charge is -2.11. The van der Waals surface area contributed by atoms with Gasteiger partial charge in [-0.25, -0.2) is 0 Å². The Kier molecular flexibility index (Phi) is 4.23. The first-order valence-corrected chi connectivity index (χ1v) is 3.50. The molecule has 1 unspecified atom stereocenters. The molecule has 62 valence electrons. The summed E-state index contributed by atoms with van der Waals surface area (Å²) in [5, 5.41) is 10.8. The van der Waals surface area contributed by atoms with Gasteiger partial charge in [-0.1, -0.05) is 0 Å². The third kappa shape index (κ3) is 4.34. The minimum atomic E-state index is -0.504. The maximum atomic E-state index is 10.9. The van der Waals surface area contributed by atoms with Gasteiger partial charge < -0.3 is 11.1 Å². The van der Waals surface area contributed by atoms with Gasteiger partial charge in [-0.15, -0.1) is 0 Å². The summed E-state index contributed by atoms with van der Waals surface area (Å²) in [6.45, 7) is 3.37. The summed E-state index contributed by atoms with van der Waals surface area (Å²) in [7, 11) is 0. The van der Waals surface area contributed by atoms with Crippen molar-refractivity contribution in [2.45, 2.75) is 32.4 Å². The summed E-state index contributed by atoms with van der Waals surface area (Å²) >= 11 is 0. The van der Waals surface area contributed by atoms with Crippen molar-refractivity contribution in [1.29, 1.82) is 5.26 Å². The van der Waals surface area contributed by atoms with Crippen LogP contribution < -0.4 is 11.1 Å². The molecule has 0 aromatic carbocycles. The van der Waals surface area contributed by atoms with Gasteiger partial charge in [0.15, 0.2) is 0 Å². The molecule has 0 radical (unpaired) electrons. The first-order valence-electron chi connectivity index (χ1n) is 3.50. The Labute approximate surface area is 66.4 Å². The minimum absolute atomic E-state index is 0.113. The van der Waals surface area contributed by atoms with Crippen molar-refractivity contribution in [2.75, 3.05) is 0 Å². The van der Waals surface area contributed by atoms with E-state index in [1.807, 2.05) is 6.07 Å². The number of rotatable bonds is 3. The van der Waals surface area contributed by atoms with Crippen molar-refractivity contribution in [3.8, 4) is 6.07 Å². The van der Waals surface area contributed by atoms with Gasteiger partial charge in [-0.3, -0.25) is 4.79 Å². The van der Waals surface area contributed by atoms with Crippen molar-refractivity contribution in [3.63, 3.8) is 0 Å². The van der Waals surface area contributed by atoms with Crippen LogP contribution >= 0.6 is 0 Å². The number of amides is 1. The molecule has 0 rings (SSSR count). The van der Waals surface area contributed by atoms with Crippen LogP contribution in [-0.4, -0.2) is 18.0 Å². The van der Waals surface area contributed by atoms with Crippen LogP contribution in [0.4, 0.5) is 0 Å². The maximum Gasteiger partial charge on any atom is 0.236 e. The fraction of sp³-hybridized carbons (Fsp3) is 0.714. The number of nitrogens with one attached hydrogen (secondary N) is 1.